The summed E-state index contributed by atoms with van der Waals surface area (Å²) in [7, 11) is 0. The van der Waals surface area contributed by atoms with E-state index in [2.05, 4.69) is 20.6 Å². The Morgan fingerprint density at radius 1 is 1.53 bits per heavy atom. The summed E-state index contributed by atoms with van der Waals surface area (Å²) in [5, 5.41) is 10.6. The zero-order valence-corrected chi connectivity index (χ0v) is 10.8. The molecule has 0 radical (unpaired) electrons. The minimum atomic E-state index is -0.266. The van der Waals surface area contributed by atoms with Gasteiger partial charge in [0.05, 0.1) is 16.8 Å². The number of nitrogen functional groups attached to an aromatic ring is 1. The van der Waals surface area contributed by atoms with Crippen LogP contribution in [0.2, 0.25) is 5.02 Å². The lowest BCUT2D eigenvalue weighted by Crippen LogP contribution is -2.25. The molecular formula is C11H13ClN6O. The highest BCUT2D eigenvalue weighted by Crippen LogP contribution is 2.16. The number of rotatable bonds is 5. The minimum absolute atomic E-state index is 0.261. The van der Waals surface area contributed by atoms with E-state index in [1.54, 1.807) is 17.1 Å². The van der Waals surface area contributed by atoms with Crippen LogP contribution in [-0.4, -0.2) is 32.4 Å². The van der Waals surface area contributed by atoms with Gasteiger partial charge in [-0.05, 0) is 12.5 Å². The first-order valence-corrected chi connectivity index (χ1v) is 6.08. The van der Waals surface area contributed by atoms with Crippen LogP contribution >= 0.6 is 11.6 Å². The highest BCUT2D eigenvalue weighted by molar-refractivity contribution is 6.33. The lowest BCUT2D eigenvalue weighted by molar-refractivity contribution is 0.0952. The molecule has 2 aromatic heterocycles. The molecule has 19 heavy (non-hydrogen) atoms. The van der Waals surface area contributed by atoms with Gasteiger partial charge in [-0.25, -0.2) is 4.98 Å². The molecule has 0 aliphatic rings. The van der Waals surface area contributed by atoms with Gasteiger partial charge in [0.15, 0.2) is 0 Å². The van der Waals surface area contributed by atoms with Crippen molar-refractivity contribution in [3.05, 3.63) is 35.2 Å². The summed E-state index contributed by atoms with van der Waals surface area (Å²) in [5.41, 5.74) is 5.84. The molecule has 0 atom stereocenters. The van der Waals surface area contributed by atoms with Gasteiger partial charge >= 0.3 is 0 Å². The number of carbonyl (C=O) groups excluding carboxylic acids is 1. The molecule has 3 N–H and O–H groups in total. The van der Waals surface area contributed by atoms with Crippen molar-refractivity contribution in [1.82, 2.24) is 25.3 Å². The molecule has 7 nitrogen and oxygen atoms in total. The van der Waals surface area contributed by atoms with Gasteiger partial charge in [-0.3, -0.25) is 9.48 Å². The highest BCUT2D eigenvalue weighted by atomic mass is 35.5. The summed E-state index contributed by atoms with van der Waals surface area (Å²) in [6.07, 6.45) is 5.48. The summed E-state index contributed by atoms with van der Waals surface area (Å²) >= 11 is 5.88. The number of amides is 1. The summed E-state index contributed by atoms with van der Waals surface area (Å²) in [6.45, 7) is 1.20. The number of aryl methyl sites for hydroxylation is 1. The zero-order chi connectivity index (χ0) is 13.7. The molecule has 0 saturated carbocycles. The van der Waals surface area contributed by atoms with Crippen molar-refractivity contribution in [2.75, 3.05) is 12.3 Å². The number of carbonyl (C=O) groups is 1. The van der Waals surface area contributed by atoms with E-state index in [1.807, 2.05) is 0 Å². The van der Waals surface area contributed by atoms with Crippen molar-refractivity contribution >= 4 is 23.3 Å². The topological polar surface area (TPSA) is 98.7 Å². The Balaban J connectivity index is 1.82. The van der Waals surface area contributed by atoms with Gasteiger partial charge in [-0.15, -0.1) is 5.10 Å². The number of nitrogens with two attached hydrogens (primary N) is 1. The first kappa shape index (κ1) is 13.3. The number of halogens is 1. The Morgan fingerprint density at radius 3 is 3.11 bits per heavy atom. The molecule has 2 heterocycles. The Morgan fingerprint density at radius 2 is 2.37 bits per heavy atom. The summed E-state index contributed by atoms with van der Waals surface area (Å²) in [5.74, 6) is -0.00476. The second-order valence-electron chi connectivity index (χ2n) is 3.86. The van der Waals surface area contributed by atoms with Crippen molar-refractivity contribution < 1.29 is 4.79 Å². The second-order valence-corrected chi connectivity index (χ2v) is 4.27. The average molecular weight is 281 g/mol. The number of hydrogen-bond donors (Lipinski definition) is 2. The Bertz CT molecular complexity index is 556. The molecule has 0 saturated heterocycles. The van der Waals surface area contributed by atoms with Crippen LogP contribution in [0.25, 0.3) is 0 Å². The van der Waals surface area contributed by atoms with Crippen LogP contribution in [0, 0.1) is 0 Å². The summed E-state index contributed by atoms with van der Waals surface area (Å²) < 4.78 is 1.70. The summed E-state index contributed by atoms with van der Waals surface area (Å²) in [6, 6.07) is 1.45. The van der Waals surface area contributed by atoms with Crippen LogP contribution in [0.4, 0.5) is 5.82 Å². The van der Waals surface area contributed by atoms with Gasteiger partial charge in [-0.1, -0.05) is 16.8 Å². The third-order valence-corrected chi connectivity index (χ3v) is 2.74. The van der Waals surface area contributed by atoms with Crippen LogP contribution in [-0.2, 0) is 6.54 Å². The molecule has 0 aliphatic heterocycles. The van der Waals surface area contributed by atoms with Crippen LogP contribution in [0.1, 0.15) is 16.8 Å². The Kier molecular flexibility index (Phi) is 4.30. The largest absolute Gasteiger partial charge is 0.384 e. The van der Waals surface area contributed by atoms with E-state index < -0.39 is 0 Å². The van der Waals surface area contributed by atoms with Crippen LogP contribution in [0.5, 0.6) is 0 Å². The number of anilines is 1. The maximum Gasteiger partial charge on any atom is 0.252 e. The molecular weight excluding hydrogens is 268 g/mol. The predicted octanol–water partition coefficient (Wildman–Crippen LogP) is 0.729. The minimum Gasteiger partial charge on any atom is -0.384 e. The molecule has 8 heteroatoms. The van der Waals surface area contributed by atoms with E-state index in [4.69, 9.17) is 17.3 Å². The SMILES string of the molecule is Nc1cc(C(=O)NCCCn2ccnn2)c(Cl)cn1. The lowest BCUT2D eigenvalue weighted by atomic mass is 10.2. The van der Waals surface area contributed by atoms with Crippen LogP contribution < -0.4 is 11.1 Å². The zero-order valence-electron chi connectivity index (χ0n) is 10.1. The second kappa shape index (κ2) is 6.14. The third-order valence-electron chi connectivity index (χ3n) is 2.44. The van der Waals surface area contributed by atoms with Gasteiger partial charge in [0.1, 0.15) is 5.82 Å². The highest BCUT2D eigenvalue weighted by Gasteiger charge is 2.10. The van der Waals surface area contributed by atoms with Crippen LogP contribution in [0.3, 0.4) is 0 Å². The van der Waals surface area contributed by atoms with Crippen molar-refractivity contribution in [2.45, 2.75) is 13.0 Å². The number of pyridine rings is 1. The first-order valence-electron chi connectivity index (χ1n) is 5.70. The maximum absolute atomic E-state index is 11.9. The monoisotopic (exact) mass is 280 g/mol. The lowest BCUT2D eigenvalue weighted by Gasteiger charge is -2.07. The molecule has 1 amide bonds. The molecule has 0 aromatic carbocycles. The Hall–Kier alpha value is -2.15. The normalized spacial score (nSPS) is 10.4. The van der Waals surface area contributed by atoms with Gasteiger partial charge < -0.3 is 11.1 Å². The van der Waals surface area contributed by atoms with Crippen molar-refractivity contribution in [1.29, 1.82) is 0 Å². The molecule has 0 spiro atoms. The van der Waals surface area contributed by atoms with Gasteiger partial charge in [0.2, 0.25) is 0 Å². The van der Waals surface area contributed by atoms with E-state index in [-0.39, 0.29) is 16.7 Å². The fourth-order valence-corrected chi connectivity index (χ4v) is 1.71. The van der Waals surface area contributed by atoms with E-state index in [0.29, 0.717) is 18.7 Å². The molecule has 0 aliphatic carbocycles. The molecule has 0 fully saturated rings. The number of nitrogens with one attached hydrogen (secondary N) is 1. The molecule has 2 rings (SSSR count). The number of hydrogen-bond acceptors (Lipinski definition) is 5. The van der Waals surface area contributed by atoms with Crippen molar-refractivity contribution in [3.8, 4) is 0 Å². The quantitative estimate of drug-likeness (QED) is 0.787. The number of nitrogens with zero attached hydrogens (tertiary/aromatic N) is 4. The smallest absolute Gasteiger partial charge is 0.252 e. The Labute approximate surface area is 114 Å². The van der Waals surface area contributed by atoms with E-state index in [9.17, 15) is 4.79 Å². The van der Waals surface area contributed by atoms with Crippen LogP contribution in [0.15, 0.2) is 24.7 Å². The van der Waals surface area contributed by atoms with Gasteiger partial charge in [0, 0.05) is 25.5 Å². The molecule has 0 bridgehead atoms. The maximum atomic E-state index is 11.9. The van der Waals surface area contributed by atoms with E-state index in [1.165, 1.54) is 12.3 Å². The molecule has 2 aromatic rings. The van der Waals surface area contributed by atoms with Crippen molar-refractivity contribution in [3.63, 3.8) is 0 Å². The third kappa shape index (κ3) is 3.65. The standard InChI is InChI=1S/C11H13ClN6O/c12-9-7-15-10(13)6-8(9)11(19)14-2-1-4-18-5-3-16-17-18/h3,5-7H,1-2,4H2,(H2,13,15)(H,14,19). The number of aromatic nitrogens is 4. The fourth-order valence-electron chi connectivity index (χ4n) is 1.52. The van der Waals surface area contributed by atoms with E-state index in [0.717, 1.165) is 6.42 Å². The van der Waals surface area contributed by atoms with Gasteiger partial charge in [0.25, 0.3) is 5.91 Å². The van der Waals surface area contributed by atoms with Gasteiger partial charge in [-0.2, -0.15) is 0 Å². The fraction of sp³-hybridized carbons (Fsp3) is 0.273. The van der Waals surface area contributed by atoms with Crippen molar-refractivity contribution in [2.24, 2.45) is 0 Å². The van der Waals surface area contributed by atoms with E-state index >= 15 is 0 Å². The average Bonchev–Trinajstić information content (AvgIpc) is 2.90. The predicted molar refractivity (Wildman–Crippen MR) is 70.6 cm³/mol. The molecule has 0 unspecified atom stereocenters. The molecule has 100 valence electrons. The first-order chi connectivity index (χ1) is 9.16. The summed E-state index contributed by atoms with van der Waals surface area (Å²) in [4.78, 5) is 15.7.